The summed E-state index contributed by atoms with van der Waals surface area (Å²) in [5.74, 6) is 2.13. The second kappa shape index (κ2) is 9.41. The third-order valence-electron chi connectivity index (χ3n) is 4.11. The first-order chi connectivity index (χ1) is 13.6. The van der Waals surface area contributed by atoms with Crippen molar-refractivity contribution in [3.63, 3.8) is 0 Å². The van der Waals surface area contributed by atoms with E-state index in [1.165, 1.54) is 11.8 Å². The van der Waals surface area contributed by atoms with Crippen LogP contribution in [0.2, 0.25) is 0 Å². The SMILES string of the molecule is CCCc1nc(SCC(=O)Nc2ccc(OC)cc2OC)c2ccccc2n1. The molecule has 0 bridgehead atoms. The van der Waals surface area contributed by atoms with Crippen LogP contribution in [-0.2, 0) is 11.2 Å². The first-order valence-corrected chi connectivity index (χ1v) is 10.0. The van der Waals surface area contributed by atoms with E-state index in [0.29, 0.717) is 17.2 Å². The number of methoxy groups -OCH3 is 2. The molecule has 1 amide bonds. The monoisotopic (exact) mass is 397 g/mol. The van der Waals surface area contributed by atoms with Crippen molar-refractivity contribution in [1.29, 1.82) is 0 Å². The van der Waals surface area contributed by atoms with Crippen LogP contribution in [0.5, 0.6) is 11.5 Å². The van der Waals surface area contributed by atoms with Gasteiger partial charge in [-0.25, -0.2) is 9.97 Å². The average Bonchev–Trinajstić information content (AvgIpc) is 2.72. The van der Waals surface area contributed by atoms with E-state index in [9.17, 15) is 4.79 Å². The van der Waals surface area contributed by atoms with E-state index < -0.39 is 0 Å². The first kappa shape index (κ1) is 19.9. The van der Waals surface area contributed by atoms with Gasteiger partial charge in [0.05, 0.1) is 31.2 Å². The third-order valence-corrected chi connectivity index (χ3v) is 5.10. The van der Waals surface area contributed by atoms with Gasteiger partial charge in [0.25, 0.3) is 0 Å². The van der Waals surface area contributed by atoms with E-state index in [1.807, 2.05) is 24.3 Å². The van der Waals surface area contributed by atoms with Gasteiger partial charge in [-0.1, -0.05) is 36.9 Å². The number of hydrogen-bond donors (Lipinski definition) is 1. The van der Waals surface area contributed by atoms with Crippen molar-refractivity contribution < 1.29 is 14.3 Å². The first-order valence-electron chi connectivity index (χ1n) is 9.05. The van der Waals surface area contributed by atoms with Gasteiger partial charge in [-0.3, -0.25) is 4.79 Å². The van der Waals surface area contributed by atoms with Crippen LogP contribution in [0.25, 0.3) is 10.9 Å². The standard InChI is InChI=1S/C21H23N3O3S/c1-4-7-19-22-16-9-6-5-8-15(16)21(24-19)28-13-20(25)23-17-11-10-14(26-2)12-18(17)27-3/h5-6,8-12H,4,7,13H2,1-3H3,(H,23,25). The number of anilines is 1. The maximum atomic E-state index is 12.5. The van der Waals surface area contributed by atoms with Crippen LogP contribution in [0.4, 0.5) is 5.69 Å². The van der Waals surface area contributed by atoms with Crippen LogP contribution in [0.3, 0.4) is 0 Å². The zero-order chi connectivity index (χ0) is 19.9. The summed E-state index contributed by atoms with van der Waals surface area (Å²) in [5.41, 5.74) is 1.51. The van der Waals surface area contributed by atoms with Crippen LogP contribution < -0.4 is 14.8 Å². The number of fused-ring (bicyclic) bond motifs is 1. The molecular formula is C21H23N3O3S. The van der Waals surface area contributed by atoms with Crippen molar-refractivity contribution >= 4 is 34.3 Å². The largest absolute Gasteiger partial charge is 0.497 e. The van der Waals surface area contributed by atoms with E-state index in [2.05, 4.69) is 22.2 Å². The Labute approximate surface area is 168 Å². The van der Waals surface area contributed by atoms with Crippen molar-refractivity contribution in [2.75, 3.05) is 25.3 Å². The number of aryl methyl sites for hydroxylation is 1. The highest BCUT2D eigenvalue weighted by Gasteiger charge is 2.12. The van der Waals surface area contributed by atoms with Crippen molar-refractivity contribution in [1.82, 2.24) is 9.97 Å². The van der Waals surface area contributed by atoms with E-state index >= 15 is 0 Å². The number of rotatable bonds is 8. The molecule has 146 valence electrons. The van der Waals surface area contributed by atoms with Crippen LogP contribution in [0, 0.1) is 0 Å². The number of carbonyl (C=O) groups is 1. The zero-order valence-corrected chi connectivity index (χ0v) is 17.0. The summed E-state index contributed by atoms with van der Waals surface area (Å²) in [6.45, 7) is 2.10. The number of para-hydroxylation sites is 1. The molecule has 0 unspecified atom stereocenters. The summed E-state index contributed by atoms with van der Waals surface area (Å²) in [4.78, 5) is 21.8. The highest BCUT2D eigenvalue weighted by molar-refractivity contribution is 8.00. The predicted molar refractivity (Wildman–Crippen MR) is 112 cm³/mol. The Hall–Kier alpha value is -2.80. The number of benzene rings is 2. The Morgan fingerprint density at radius 1 is 1.11 bits per heavy atom. The lowest BCUT2D eigenvalue weighted by atomic mass is 10.2. The van der Waals surface area contributed by atoms with Gasteiger partial charge in [-0.05, 0) is 24.6 Å². The number of ether oxygens (including phenoxy) is 2. The number of carbonyl (C=O) groups excluding carboxylic acids is 1. The van der Waals surface area contributed by atoms with Gasteiger partial charge in [0, 0.05) is 17.9 Å². The molecule has 0 saturated heterocycles. The highest BCUT2D eigenvalue weighted by Crippen LogP contribution is 2.30. The summed E-state index contributed by atoms with van der Waals surface area (Å²) in [6, 6.07) is 13.2. The molecule has 1 N–H and O–H groups in total. The number of amides is 1. The lowest BCUT2D eigenvalue weighted by Crippen LogP contribution is -2.15. The zero-order valence-electron chi connectivity index (χ0n) is 16.2. The molecule has 0 aliphatic heterocycles. The Kier molecular flexibility index (Phi) is 6.71. The van der Waals surface area contributed by atoms with Crippen molar-refractivity contribution in [3.8, 4) is 11.5 Å². The smallest absolute Gasteiger partial charge is 0.234 e. The van der Waals surface area contributed by atoms with Crippen molar-refractivity contribution in [2.24, 2.45) is 0 Å². The van der Waals surface area contributed by atoms with Crippen LogP contribution in [0.1, 0.15) is 19.2 Å². The summed E-state index contributed by atoms with van der Waals surface area (Å²) in [7, 11) is 3.14. The van der Waals surface area contributed by atoms with Crippen LogP contribution in [-0.4, -0.2) is 35.8 Å². The lowest BCUT2D eigenvalue weighted by Gasteiger charge is -2.12. The third kappa shape index (κ3) is 4.72. The lowest BCUT2D eigenvalue weighted by molar-refractivity contribution is -0.113. The van der Waals surface area contributed by atoms with Gasteiger partial charge >= 0.3 is 0 Å². The molecule has 0 atom stereocenters. The van der Waals surface area contributed by atoms with Gasteiger partial charge in [0.2, 0.25) is 5.91 Å². The summed E-state index contributed by atoms with van der Waals surface area (Å²) < 4.78 is 10.5. The minimum Gasteiger partial charge on any atom is -0.497 e. The minimum absolute atomic E-state index is 0.131. The number of aromatic nitrogens is 2. The Morgan fingerprint density at radius 3 is 2.68 bits per heavy atom. The summed E-state index contributed by atoms with van der Waals surface area (Å²) in [6.07, 6.45) is 1.79. The molecule has 0 saturated carbocycles. The second-order valence-electron chi connectivity index (χ2n) is 6.12. The maximum absolute atomic E-state index is 12.5. The Balaban J connectivity index is 1.74. The number of thioether (sulfide) groups is 1. The molecule has 7 heteroatoms. The van der Waals surface area contributed by atoms with Gasteiger partial charge in [0.15, 0.2) is 0 Å². The number of hydrogen-bond acceptors (Lipinski definition) is 6. The van der Waals surface area contributed by atoms with Crippen LogP contribution >= 0.6 is 11.8 Å². The van der Waals surface area contributed by atoms with E-state index in [0.717, 1.165) is 34.6 Å². The molecule has 0 radical (unpaired) electrons. The molecule has 1 heterocycles. The quantitative estimate of drug-likeness (QED) is 0.450. The van der Waals surface area contributed by atoms with E-state index in [-0.39, 0.29) is 11.7 Å². The van der Waals surface area contributed by atoms with Gasteiger partial charge in [-0.15, -0.1) is 0 Å². The van der Waals surface area contributed by atoms with Gasteiger partial charge in [0.1, 0.15) is 22.3 Å². The van der Waals surface area contributed by atoms with E-state index in [1.54, 1.807) is 32.4 Å². The molecule has 0 fully saturated rings. The normalized spacial score (nSPS) is 10.7. The van der Waals surface area contributed by atoms with Gasteiger partial charge in [-0.2, -0.15) is 0 Å². The maximum Gasteiger partial charge on any atom is 0.234 e. The van der Waals surface area contributed by atoms with Gasteiger partial charge < -0.3 is 14.8 Å². The second-order valence-corrected chi connectivity index (χ2v) is 7.08. The summed E-state index contributed by atoms with van der Waals surface area (Å²) in [5, 5.41) is 4.67. The van der Waals surface area contributed by atoms with Crippen molar-refractivity contribution in [2.45, 2.75) is 24.8 Å². The topological polar surface area (TPSA) is 73.3 Å². The summed E-state index contributed by atoms with van der Waals surface area (Å²) >= 11 is 1.41. The molecular weight excluding hydrogens is 374 g/mol. The molecule has 0 spiro atoms. The van der Waals surface area contributed by atoms with E-state index in [4.69, 9.17) is 9.47 Å². The molecule has 0 aliphatic carbocycles. The fraction of sp³-hybridized carbons (Fsp3) is 0.286. The number of nitrogens with one attached hydrogen (secondary N) is 1. The fourth-order valence-electron chi connectivity index (χ4n) is 2.76. The molecule has 0 aliphatic rings. The highest BCUT2D eigenvalue weighted by atomic mass is 32.2. The molecule has 2 aromatic carbocycles. The number of nitrogens with zero attached hydrogens (tertiary/aromatic N) is 2. The Morgan fingerprint density at radius 2 is 1.93 bits per heavy atom. The van der Waals surface area contributed by atoms with Crippen LogP contribution in [0.15, 0.2) is 47.5 Å². The Bertz CT molecular complexity index is 978. The minimum atomic E-state index is -0.131. The fourth-order valence-corrected chi connectivity index (χ4v) is 3.60. The molecule has 3 aromatic rings. The molecule has 6 nitrogen and oxygen atoms in total. The molecule has 28 heavy (non-hydrogen) atoms. The average molecular weight is 398 g/mol. The predicted octanol–water partition coefficient (Wildman–Crippen LogP) is 4.33. The van der Waals surface area contributed by atoms with Crippen molar-refractivity contribution in [3.05, 3.63) is 48.3 Å². The molecule has 1 aromatic heterocycles. The molecule has 3 rings (SSSR count).